The van der Waals surface area contributed by atoms with E-state index in [1.807, 2.05) is 32.0 Å². The van der Waals surface area contributed by atoms with Crippen molar-refractivity contribution in [1.29, 1.82) is 0 Å². The first-order valence-corrected chi connectivity index (χ1v) is 9.21. The molecule has 0 aliphatic carbocycles. The number of carbonyl (C=O) groups is 2. The van der Waals surface area contributed by atoms with Gasteiger partial charge in [0, 0.05) is 25.6 Å². The Balaban J connectivity index is 2.13. The maximum atomic E-state index is 12.3. The van der Waals surface area contributed by atoms with Crippen LogP contribution in [0.25, 0.3) is 0 Å². The number of hydrogen-bond acceptors (Lipinski definition) is 2. The molecule has 0 unspecified atom stereocenters. The zero-order valence-electron chi connectivity index (χ0n) is 15.1. The van der Waals surface area contributed by atoms with Gasteiger partial charge in [-0.05, 0) is 36.6 Å². The van der Waals surface area contributed by atoms with Crippen LogP contribution in [-0.2, 0) is 16.0 Å². The quantitative estimate of drug-likeness (QED) is 0.729. The van der Waals surface area contributed by atoms with Crippen molar-refractivity contribution in [3.63, 3.8) is 0 Å². The lowest BCUT2D eigenvalue weighted by Gasteiger charge is -2.25. The van der Waals surface area contributed by atoms with Gasteiger partial charge in [0.15, 0.2) is 0 Å². The summed E-state index contributed by atoms with van der Waals surface area (Å²) in [5.74, 6) is -0.324. The fraction of sp³-hybridized carbons (Fsp3) is 0.300. The fourth-order valence-corrected chi connectivity index (χ4v) is 3.19. The van der Waals surface area contributed by atoms with Crippen LogP contribution in [0.2, 0.25) is 10.0 Å². The third-order valence-electron chi connectivity index (χ3n) is 4.14. The van der Waals surface area contributed by atoms with E-state index in [1.54, 1.807) is 23.1 Å². The maximum Gasteiger partial charge on any atom is 0.226 e. The summed E-state index contributed by atoms with van der Waals surface area (Å²) in [5, 5.41) is 3.43. The number of amides is 2. The van der Waals surface area contributed by atoms with E-state index < -0.39 is 0 Å². The highest BCUT2D eigenvalue weighted by atomic mass is 35.5. The number of halogens is 2. The van der Waals surface area contributed by atoms with Gasteiger partial charge in [-0.3, -0.25) is 9.59 Å². The van der Waals surface area contributed by atoms with E-state index in [0.717, 1.165) is 23.2 Å². The summed E-state index contributed by atoms with van der Waals surface area (Å²) >= 11 is 12.1. The number of nitrogens with one attached hydrogen (secondary N) is 1. The van der Waals surface area contributed by atoms with Crippen LogP contribution in [0.15, 0.2) is 36.4 Å². The Kier molecular flexibility index (Phi) is 7.06. The molecular weight excluding hydrogens is 371 g/mol. The minimum Gasteiger partial charge on any atom is -0.325 e. The molecule has 2 aromatic carbocycles. The van der Waals surface area contributed by atoms with Crippen molar-refractivity contribution >= 4 is 46.4 Å². The highest BCUT2D eigenvalue weighted by Crippen LogP contribution is 2.30. The second kappa shape index (κ2) is 9.06. The molecule has 1 N–H and O–H groups in total. The van der Waals surface area contributed by atoms with Crippen LogP contribution in [0, 0.1) is 6.92 Å². The Hall–Kier alpha value is -2.04. The SMILES string of the molecule is CCc1cccc(C)c1N(CCC(=O)Nc1cccc(Cl)c1Cl)C(C)=O. The third kappa shape index (κ3) is 4.77. The largest absolute Gasteiger partial charge is 0.325 e. The number of hydrogen-bond donors (Lipinski definition) is 1. The van der Waals surface area contributed by atoms with Gasteiger partial charge in [0.1, 0.15) is 0 Å². The molecule has 4 nitrogen and oxygen atoms in total. The summed E-state index contributed by atoms with van der Waals surface area (Å²) in [6.07, 6.45) is 0.963. The van der Waals surface area contributed by atoms with E-state index in [2.05, 4.69) is 5.32 Å². The van der Waals surface area contributed by atoms with Crippen molar-refractivity contribution in [3.8, 4) is 0 Å². The van der Waals surface area contributed by atoms with Gasteiger partial charge < -0.3 is 10.2 Å². The lowest BCUT2D eigenvalue weighted by atomic mass is 10.0. The van der Waals surface area contributed by atoms with Crippen LogP contribution in [-0.4, -0.2) is 18.4 Å². The minimum atomic E-state index is -0.230. The Labute approximate surface area is 164 Å². The molecule has 2 rings (SSSR count). The molecule has 0 aliphatic heterocycles. The van der Waals surface area contributed by atoms with E-state index in [0.29, 0.717) is 15.7 Å². The Bertz CT molecular complexity index is 821. The molecule has 0 spiro atoms. The molecule has 0 saturated carbocycles. The summed E-state index contributed by atoms with van der Waals surface area (Å²) in [7, 11) is 0. The van der Waals surface area contributed by atoms with Crippen LogP contribution in [0.5, 0.6) is 0 Å². The number of carbonyl (C=O) groups excluding carboxylic acids is 2. The topological polar surface area (TPSA) is 49.4 Å². The Morgan fingerprint density at radius 1 is 1.12 bits per heavy atom. The second-order valence-electron chi connectivity index (χ2n) is 6.01. The molecule has 0 heterocycles. The predicted molar refractivity (Wildman–Crippen MR) is 108 cm³/mol. The van der Waals surface area contributed by atoms with Crippen molar-refractivity contribution in [1.82, 2.24) is 0 Å². The summed E-state index contributed by atoms with van der Waals surface area (Å²) in [5.41, 5.74) is 3.44. The molecule has 0 fully saturated rings. The molecule has 0 aromatic heterocycles. The average molecular weight is 393 g/mol. The number of anilines is 2. The fourth-order valence-electron chi connectivity index (χ4n) is 2.84. The van der Waals surface area contributed by atoms with Crippen molar-refractivity contribution in [2.75, 3.05) is 16.8 Å². The lowest BCUT2D eigenvalue weighted by Crippen LogP contribution is -2.33. The average Bonchev–Trinajstić information content (AvgIpc) is 2.60. The number of aryl methyl sites for hydroxylation is 2. The first-order valence-electron chi connectivity index (χ1n) is 8.45. The van der Waals surface area contributed by atoms with Gasteiger partial charge in [0.2, 0.25) is 11.8 Å². The van der Waals surface area contributed by atoms with Gasteiger partial charge in [-0.2, -0.15) is 0 Å². The Morgan fingerprint density at radius 3 is 2.46 bits per heavy atom. The van der Waals surface area contributed by atoms with Crippen molar-refractivity contribution < 1.29 is 9.59 Å². The maximum absolute atomic E-state index is 12.3. The van der Waals surface area contributed by atoms with Gasteiger partial charge in [0.05, 0.1) is 15.7 Å². The van der Waals surface area contributed by atoms with Crippen LogP contribution in [0.4, 0.5) is 11.4 Å². The smallest absolute Gasteiger partial charge is 0.226 e. The summed E-state index contributed by atoms with van der Waals surface area (Å²) in [4.78, 5) is 26.2. The summed E-state index contributed by atoms with van der Waals surface area (Å²) in [6, 6.07) is 11.0. The molecule has 6 heteroatoms. The van der Waals surface area contributed by atoms with Crippen LogP contribution < -0.4 is 10.2 Å². The van der Waals surface area contributed by atoms with Crippen molar-refractivity contribution in [2.24, 2.45) is 0 Å². The normalized spacial score (nSPS) is 10.5. The van der Waals surface area contributed by atoms with Crippen molar-refractivity contribution in [3.05, 3.63) is 57.6 Å². The van der Waals surface area contributed by atoms with Crippen molar-refractivity contribution in [2.45, 2.75) is 33.6 Å². The molecule has 0 atom stereocenters. The highest BCUT2D eigenvalue weighted by molar-refractivity contribution is 6.43. The molecule has 0 bridgehead atoms. The van der Waals surface area contributed by atoms with Gasteiger partial charge in [0.25, 0.3) is 0 Å². The van der Waals surface area contributed by atoms with Crippen LogP contribution in [0.3, 0.4) is 0 Å². The monoisotopic (exact) mass is 392 g/mol. The minimum absolute atomic E-state index is 0.0948. The molecule has 0 saturated heterocycles. The molecule has 2 aromatic rings. The van der Waals surface area contributed by atoms with Crippen LogP contribution in [0.1, 0.15) is 31.4 Å². The zero-order valence-corrected chi connectivity index (χ0v) is 16.6. The van der Waals surface area contributed by atoms with Gasteiger partial charge in [-0.1, -0.05) is 54.4 Å². The number of para-hydroxylation sites is 1. The van der Waals surface area contributed by atoms with E-state index >= 15 is 0 Å². The molecular formula is C20H22Cl2N2O2. The molecule has 2 amide bonds. The molecule has 0 radical (unpaired) electrons. The predicted octanol–water partition coefficient (Wildman–Crippen LogP) is 5.25. The van der Waals surface area contributed by atoms with E-state index in [-0.39, 0.29) is 24.8 Å². The third-order valence-corrected chi connectivity index (χ3v) is 4.96. The van der Waals surface area contributed by atoms with E-state index in [9.17, 15) is 9.59 Å². The van der Waals surface area contributed by atoms with Crippen LogP contribution >= 0.6 is 23.2 Å². The van der Waals surface area contributed by atoms with Gasteiger partial charge in [-0.15, -0.1) is 0 Å². The lowest BCUT2D eigenvalue weighted by molar-refractivity contribution is -0.117. The standard InChI is InChI=1S/C20H22Cl2N2O2/c1-4-15-8-5-7-13(2)20(15)24(14(3)25)12-11-18(26)23-17-10-6-9-16(21)19(17)22/h5-10H,4,11-12H2,1-3H3,(H,23,26). The van der Waals surface area contributed by atoms with E-state index in [1.165, 1.54) is 6.92 Å². The number of benzene rings is 2. The second-order valence-corrected chi connectivity index (χ2v) is 6.79. The highest BCUT2D eigenvalue weighted by Gasteiger charge is 2.18. The van der Waals surface area contributed by atoms with Gasteiger partial charge >= 0.3 is 0 Å². The summed E-state index contributed by atoms with van der Waals surface area (Å²) < 4.78 is 0. The van der Waals surface area contributed by atoms with E-state index in [4.69, 9.17) is 23.2 Å². The Morgan fingerprint density at radius 2 is 1.81 bits per heavy atom. The first-order chi connectivity index (χ1) is 12.3. The molecule has 138 valence electrons. The first kappa shape index (κ1) is 20.3. The molecule has 26 heavy (non-hydrogen) atoms. The summed E-state index contributed by atoms with van der Waals surface area (Å²) in [6.45, 7) is 5.81. The van der Waals surface area contributed by atoms with Gasteiger partial charge in [-0.25, -0.2) is 0 Å². The molecule has 0 aliphatic rings. The number of rotatable bonds is 6. The zero-order chi connectivity index (χ0) is 19.3. The number of nitrogens with zero attached hydrogens (tertiary/aromatic N) is 1.